The molecule has 104 valence electrons. The first-order chi connectivity index (χ1) is 9.65. The molecule has 5 nitrogen and oxygen atoms in total. The number of aryl methyl sites for hydroxylation is 1. The smallest absolute Gasteiger partial charge is 0.270 e. The van der Waals surface area contributed by atoms with E-state index in [1.807, 2.05) is 19.1 Å². The molecule has 0 saturated heterocycles. The number of carbonyl (C=O) groups is 1. The van der Waals surface area contributed by atoms with Crippen LogP contribution in [-0.2, 0) is 0 Å². The number of pyridine rings is 1. The van der Waals surface area contributed by atoms with Gasteiger partial charge in [0.05, 0.1) is 0 Å². The van der Waals surface area contributed by atoms with Gasteiger partial charge in [-0.25, -0.2) is 4.98 Å². The van der Waals surface area contributed by atoms with Crippen molar-refractivity contribution >= 4 is 11.6 Å². The van der Waals surface area contributed by atoms with E-state index in [9.17, 15) is 9.59 Å². The normalized spacial score (nSPS) is 15.7. The summed E-state index contributed by atoms with van der Waals surface area (Å²) in [6, 6.07) is 3.84. The molecule has 0 bridgehead atoms. The van der Waals surface area contributed by atoms with Crippen LogP contribution in [0.5, 0.6) is 0 Å². The molecule has 0 aliphatic heterocycles. The van der Waals surface area contributed by atoms with Crippen LogP contribution in [0.3, 0.4) is 0 Å². The van der Waals surface area contributed by atoms with Crippen LogP contribution in [0.15, 0.2) is 29.3 Å². The number of aromatic nitrogens is 2. The highest BCUT2D eigenvalue weighted by molar-refractivity contribution is 5.93. The fourth-order valence-corrected chi connectivity index (χ4v) is 2.67. The van der Waals surface area contributed by atoms with Crippen LogP contribution in [0.2, 0.25) is 0 Å². The van der Waals surface area contributed by atoms with E-state index in [4.69, 9.17) is 0 Å². The number of nitrogens with zero attached hydrogens (tertiary/aromatic N) is 2. The fraction of sp³-hybridized carbons (Fsp3) is 0.400. The van der Waals surface area contributed by atoms with Crippen LogP contribution in [0.4, 0.5) is 0 Å². The summed E-state index contributed by atoms with van der Waals surface area (Å²) in [5.74, 6) is -0.315. The van der Waals surface area contributed by atoms with E-state index in [1.54, 1.807) is 6.20 Å². The predicted molar refractivity (Wildman–Crippen MR) is 75.9 cm³/mol. The van der Waals surface area contributed by atoms with Crippen LogP contribution in [-0.4, -0.2) is 21.3 Å². The summed E-state index contributed by atoms with van der Waals surface area (Å²) in [5.41, 5.74) is 1.39. The summed E-state index contributed by atoms with van der Waals surface area (Å²) in [6.07, 6.45) is 7.30. The fourth-order valence-electron chi connectivity index (χ4n) is 2.67. The lowest BCUT2D eigenvalue weighted by Crippen LogP contribution is -2.37. The molecule has 1 N–H and O–H groups in total. The number of nitrogens with one attached hydrogen (secondary N) is 1. The summed E-state index contributed by atoms with van der Waals surface area (Å²) in [6.45, 7) is 1.94. The minimum Gasteiger partial charge on any atom is -0.349 e. The van der Waals surface area contributed by atoms with Gasteiger partial charge in [-0.3, -0.25) is 14.0 Å². The van der Waals surface area contributed by atoms with E-state index in [1.165, 1.54) is 10.6 Å². The molecule has 1 saturated carbocycles. The van der Waals surface area contributed by atoms with Gasteiger partial charge in [0.2, 0.25) is 0 Å². The molecule has 2 aromatic heterocycles. The molecule has 3 rings (SSSR count). The van der Waals surface area contributed by atoms with Gasteiger partial charge in [0.15, 0.2) is 0 Å². The second kappa shape index (κ2) is 5.07. The average Bonchev–Trinajstić information content (AvgIpc) is 2.91. The number of fused-ring (bicyclic) bond motifs is 1. The maximum atomic E-state index is 12.3. The Kier molecular flexibility index (Phi) is 3.26. The zero-order valence-electron chi connectivity index (χ0n) is 11.4. The van der Waals surface area contributed by atoms with Crippen LogP contribution < -0.4 is 10.9 Å². The molecule has 1 aliphatic carbocycles. The monoisotopic (exact) mass is 271 g/mol. The van der Waals surface area contributed by atoms with Crippen LogP contribution in [0.1, 0.15) is 41.6 Å². The van der Waals surface area contributed by atoms with Crippen molar-refractivity contribution < 1.29 is 4.79 Å². The zero-order valence-corrected chi connectivity index (χ0v) is 11.4. The molecular weight excluding hydrogens is 254 g/mol. The first kappa shape index (κ1) is 12.8. The van der Waals surface area contributed by atoms with Gasteiger partial charge >= 0.3 is 0 Å². The van der Waals surface area contributed by atoms with Crippen molar-refractivity contribution in [3.8, 4) is 0 Å². The van der Waals surface area contributed by atoms with Crippen molar-refractivity contribution in [2.75, 3.05) is 0 Å². The Hall–Kier alpha value is -2.17. The van der Waals surface area contributed by atoms with Crippen molar-refractivity contribution in [1.82, 2.24) is 14.7 Å². The summed E-state index contributed by atoms with van der Waals surface area (Å²) in [5, 5.41) is 2.92. The third kappa shape index (κ3) is 2.31. The first-order valence-electron chi connectivity index (χ1n) is 6.94. The van der Waals surface area contributed by atoms with Crippen molar-refractivity contribution in [3.63, 3.8) is 0 Å². The van der Waals surface area contributed by atoms with E-state index in [2.05, 4.69) is 10.3 Å². The highest BCUT2D eigenvalue weighted by atomic mass is 16.2. The van der Waals surface area contributed by atoms with Crippen LogP contribution in [0, 0.1) is 6.92 Å². The third-order valence-electron chi connectivity index (χ3n) is 3.80. The molecule has 2 aromatic rings. The molecular formula is C15H17N3O2. The Balaban J connectivity index is 1.95. The molecule has 5 heteroatoms. The number of hydrogen-bond acceptors (Lipinski definition) is 3. The van der Waals surface area contributed by atoms with Gasteiger partial charge in [0.1, 0.15) is 11.2 Å². The quantitative estimate of drug-likeness (QED) is 0.903. The van der Waals surface area contributed by atoms with Gasteiger partial charge in [-0.15, -0.1) is 0 Å². The average molecular weight is 271 g/mol. The molecule has 1 amide bonds. The van der Waals surface area contributed by atoms with Gasteiger partial charge in [-0.1, -0.05) is 12.8 Å². The number of amides is 1. The number of hydrogen-bond donors (Lipinski definition) is 1. The highest BCUT2D eigenvalue weighted by Gasteiger charge is 2.20. The Bertz CT molecular complexity index is 715. The lowest BCUT2D eigenvalue weighted by Gasteiger charge is -2.11. The molecule has 0 aromatic carbocycles. The van der Waals surface area contributed by atoms with Gasteiger partial charge in [0, 0.05) is 18.4 Å². The molecule has 2 heterocycles. The number of rotatable bonds is 2. The van der Waals surface area contributed by atoms with Crippen molar-refractivity contribution in [1.29, 1.82) is 0 Å². The Morgan fingerprint density at radius 3 is 2.90 bits per heavy atom. The molecule has 0 spiro atoms. The van der Waals surface area contributed by atoms with E-state index in [0.717, 1.165) is 31.2 Å². The highest BCUT2D eigenvalue weighted by Crippen LogP contribution is 2.17. The second-order valence-electron chi connectivity index (χ2n) is 5.36. The summed E-state index contributed by atoms with van der Waals surface area (Å²) >= 11 is 0. The Morgan fingerprint density at radius 1 is 1.40 bits per heavy atom. The topological polar surface area (TPSA) is 63.5 Å². The minimum atomic E-state index is -0.315. The van der Waals surface area contributed by atoms with Crippen LogP contribution >= 0.6 is 0 Å². The van der Waals surface area contributed by atoms with E-state index < -0.39 is 0 Å². The van der Waals surface area contributed by atoms with E-state index in [-0.39, 0.29) is 23.1 Å². The van der Waals surface area contributed by atoms with Gasteiger partial charge < -0.3 is 5.32 Å². The minimum absolute atomic E-state index is 0.109. The summed E-state index contributed by atoms with van der Waals surface area (Å²) in [7, 11) is 0. The molecule has 20 heavy (non-hydrogen) atoms. The second-order valence-corrected chi connectivity index (χ2v) is 5.36. The van der Waals surface area contributed by atoms with Crippen molar-refractivity contribution in [3.05, 3.63) is 46.0 Å². The van der Waals surface area contributed by atoms with E-state index in [0.29, 0.717) is 5.65 Å². The van der Waals surface area contributed by atoms with Gasteiger partial charge in [0.25, 0.3) is 11.5 Å². The zero-order chi connectivity index (χ0) is 14.1. The van der Waals surface area contributed by atoms with Crippen molar-refractivity contribution in [2.24, 2.45) is 0 Å². The molecule has 0 atom stereocenters. The molecule has 1 aliphatic rings. The standard InChI is InChI=1S/C15H17N3O2/c1-10-6-7-18-13(8-10)16-9-12(15(18)20)14(19)17-11-4-2-3-5-11/h6-9,11H,2-5H2,1H3,(H,17,19). The lowest BCUT2D eigenvalue weighted by molar-refractivity contribution is 0.0936. The van der Waals surface area contributed by atoms with E-state index >= 15 is 0 Å². The van der Waals surface area contributed by atoms with Crippen LogP contribution in [0.25, 0.3) is 5.65 Å². The Morgan fingerprint density at radius 2 is 2.15 bits per heavy atom. The first-order valence-corrected chi connectivity index (χ1v) is 6.94. The SMILES string of the molecule is Cc1ccn2c(=O)c(C(=O)NC3CCCC3)cnc2c1. The molecule has 0 radical (unpaired) electrons. The van der Waals surface area contributed by atoms with Gasteiger partial charge in [-0.05, 0) is 37.5 Å². The molecule has 1 fully saturated rings. The Labute approximate surface area is 116 Å². The lowest BCUT2D eigenvalue weighted by atomic mass is 10.2. The maximum absolute atomic E-state index is 12.3. The third-order valence-corrected chi connectivity index (χ3v) is 3.80. The maximum Gasteiger partial charge on any atom is 0.270 e. The number of carbonyl (C=O) groups excluding carboxylic acids is 1. The molecule has 0 unspecified atom stereocenters. The summed E-state index contributed by atoms with van der Waals surface area (Å²) < 4.78 is 1.41. The van der Waals surface area contributed by atoms with Gasteiger partial charge in [-0.2, -0.15) is 0 Å². The predicted octanol–water partition coefficient (Wildman–Crippen LogP) is 1.68. The largest absolute Gasteiger partial charge is 0.349 e. The van der Waals surface area contributed by atoms with Crippen molar-refractivity contribution in [2.45, 2.75) is 38.6 Å². The summed E-state index contributed by atoms with van der Waals surface area (Å²) in [4.78, 5) is 28.7.